The molecule has 0 saturated heterocycles. The minimum Gasteiger partial charge on any atom is -0.359 e. The quantitative estimate of drug-likeness (QED) is 0.325. The summed E-state index contributed by atoms with van der Waals surface area (Å²) in [5, 5.41) is 10.9. The van der Waals surface area contributed by atoms with Crippen LogP contribution >= 0.6 is 0 Å². The number of rotatable bonds is 4. The van der Waals surface area contributed by atoms with Gasteiger partial charge in [0.15, 0.2) is 5.84 Å². The predicted molar refractivity (Wildman–Crippen MR) is 127 cm³/mol. The Balaban J connectivity index is 1.90. The van der Waals surface area contributed by atoms with Crippen LogP contribution in [0, 0.1) is 5.41 Å². The molecule has 4 aromatic rings. The number of fused-ring (bicyclic) bond motifs is 1. The van der Waals surface area contributed by atoms with E-state index in [2.05, 4.69) is 72.5 Å². The lowest BCUT2D eigenvalue weighted by Crippen LogP contribution is -2.28. The molecule has 0 heterocycles. The zero-order valence-electron chi connectivity index (χ0n) is 17.3. The zero-order chi connectivity index (χ0) is 20.9. The van der Waals surface area contributed by atoms with E-state index in [0.29, 0.717) is 0 Å². The van der Waals surface area contributed by atoms with Crippen LogP contribution in [-0.2, 0) is 0 Å². The Morgan fingerprint density at radius 2 is 1.43 bits per heavy atom. The Morgan fingerprint density at radius 1 is 0.800 bits per heavy atom. The molecule has 30 heavy (non-hydrogen) atoms. The van der Waals surface area contributed by atoms with Gasteiger partial charge in [-0.1, -0.05) is 84.9 Å². The molecule has 3 nitrogen and oxygen atoms in total. The van der Waals surface area contributed by atoms with E-state index in [1.54, 1.807) is 0 Å². The smallest absolute Gasteiger partial charge is 0.154 e. The van der Waals surface area contributed by atoms with Crippen molar-refractivity contribution in [2.45, 2.75) is 6.92 Å². The van der Waals surface area contributed by atoms with Gasteiger partial charge in [-0.2, -0.15) is 0 Å². The normalized spacial score (nSPS) is 11.5. The van der Waals surface area contributed by atoms with Gasteiger partial charge in [-0.05, 0) is 41.0 Å². The minimum absolute atomic E-state index is 0.264. The molecule has 0 aromatic heterocycles. The van der Waals surface area contributed by atoms with E-state index < -0.39 is 0 Å². The monoisotopic (exact) mass is 391 g/mol. The molecule has 0 amide bonds. The summed E-state index contributed by atoms with van der Waals surface area (Å²) >= 11 is 0. The molecule has 0 fully saturated rings. The first kappa shape index (κ1) is 19.6. The van der Waals surface area contributed by atoms with Gasteiger partial charge in [0.2, 0.25) is 0 Å². The number of benzene rings is 4. The SMILES string of the molecule is CCN(C)/C(=N\C(=N)c1ccccc1)c1cc(-c2ccccc2)c2ccccc2c1. The van der Waals surface area contributed by atoms with Crippen molar-refractivity contribution in [1.82, 2.24) is 4.90 Å². The van der Waals surface area contributed by atoms with Crippen LogP contribution in [-0.4, -0.2) is 30.2 Å². The van der Waals surface area contributed by atoms with Crippen LogP contribution in [0.15, 0.2) is 102 Å². The van der Waals surface area contributed by atoms with Gasteiger partial charge in [0.25, 0.3) is 0 Å². The van der Waals surface area contributed by atoms with E-state index in [1.165, 1.54) is 16.5 Å². The lowest BCUT2D eigenvalue weighted by atomic mass is 9.95. The van der Waals surface area contributed by atoms with Crippen LogP contribution in [0.3, 0.4) is 0 Å². The van der Waals surface area contributed by atoms with E-state index in [9.17, 15) is 0 Å². The Labute approximate surface area is 177 Å². The summed E-state index contributed by atoms with van der Waals surface area (Å²) in [6.07, 6.45) is 0. The Hall–Kier alpha value is -3.72. The van der Waals surface area contributed by atoms with Crippen molar-refractivity contribution in [1.29, 1.82) is 5.41 Å². The van der Waals surface area contributed by atoms with Crippen molar-refractivity contribution in [3.63, 3.8) is 0 Å². The number of aliphatic imine (C=N–C) groups is 1. The summed E-state index contributed by atoms with van der Waals surface area (Å²) in [4.78, 5) is 6.85. The maximum absolute atomic E-state index is 8.54. The van der Waals surface area contributed by atoms with E-state index in [4.69, 9.17) is 10.4 Å². The Kier molecular flexibility index (Phi) is 5.71. The van der Waals surface area contributed by atoms with Crippen molar-refractivity contribution in [2.24, 2.45) is 4.99 Å². The molecule has 4 aromatic carbocycles. The fourth-order valence-corrected chi connectivity index (χ4v) is 3.58. The highest BCUT2D eigenvalue weighted by Gasteiger charge is 2.14. The van der Waals surface area contributed by atoms with Crippen molar-refractivity contribution < 1.29 is 0 Å². The Morgan fingerprint density at radius 3 is 2.13 bits per heavy atom. The molecule has 0 atom stereocenters. The third-order valence-electron chi connectivity index (χ3n) is 5.31. The molecule has 0 spiro atoms. The van der Waals surface area contributed by atoms with Gasteiger partial charge in [-0.15, -0.1) is 0 Å². The number of hydrogen-bond acceptors (Lipinski definition) is 1. The predicted octanol–water partition coefficient (Wildman–Crippen LogP) is 6.23. The second-order valence-electron chi connectivity index (χ2n) is 7.28. The molecule has 0 bridgehead atoms. The molecular formula is C27H25N3. The minimum atomic E-state index is 0.264. The molecule has 4 rings (SSSR count). The first-order chi connectivity index (χ1) is 14.7. The van der Waals surface area contributed by atoms with E-state index in [0.717, 1.165) is 28.9 Å². The van der Waals surface area contributed by atoms with Gasteiger partial charge in [-0.3, -0.25) is 5.41 Å². The lowest BCUT2D eigenvalue weighted by Gasteiger charge is -2.21. The summed E-state index contributed by atoms with van der Waals surface area (Å²) in [7, 11) is 2.02. The van der Waals surface area contributed by atoms with Crippen LogP contribution in [0.5, 0.6) is 0 Å². The molecule has 0 aliphatic rings. The van der Waals surface area contributed by atoms with Gasteiger partial charge >= 0.3 is 0 Å². The third kappa shape index (κ3) is 4.01. The van der Waals surface area contributed by atoms with Crippen LogP contribution in [0.4, 0.5) is 0 Å². The van der Waals surface area contributed by atoms with Crippen LogP contribution < -0.4 is 0 Å². The van der Waals surface area contributed by atoms with Gasteiger partial charge in [0.05, 0.1) is 0 Å². The van der Waals surface area contributed by atoms with Crippen molar-refractivity contribution >= 4 is 22.4 Å². The van der Waals surface area contributed by atoms with Gasteiger partial charge in [0, 0.05) is 24.7 Å². The number of amidine groups is 2. The molecule has 3 heteroatoms. The number of nitrogens with one attached hydrogen (secondary N) is 1. The van der Waals surface area contributed by atoms with Crippen molar-refractivity contribution in [2.75, 3.05) is 13.6 Å². The van der Waals surface area contributed by atoms with Gasteiger partial charge in [-0.25, -0.2) is 4.99 Å². The van der Waals surface area contributed by atoms with Crippen LogP contribution in [0.2, 0.25) is 0 Å². The summed E-state index contributed by atoms with van der Waals surface area (Å²) in [6.45, 7) is 2.90. The average Bonchev–Trinajstić information content (AvgIpc) is 2.82. The standard InChI is InChI=1S/C27H25N3/c1-3-30(2)27(29-26(28)21-14-8-5-9-15-21)23-18-22-16-10-11-17-24(22)25(19-23)20-12-6-4-7-13-20/h4-19,28H,3H2,1-2H3/b28-26?,29-27-. The highest BCUT2D eigenvalue weighted by molar-refractivity contribution is 6.12. The molecular weight excluding hydrogens is 366 g/mol. The zero-order valence-corrected chi connectivity index (χ0v) is 17.3. The third-order valence-corrected chi connectivity index (χ3v) is 5.31. The summed E-state index contributed by atoms with van der Waals surface area (Å²) in [5.74, 6) is 1.06. The second kappa shape index (κ2) is 8.75. The van der Waals surface area contributed by atoms with E-state index >= 15 is 0 Å². The highest BCUT2D eigenvalue weighted by atomic mass is 15.2. The molecule has 0 aliphatic carbocycles. The lowest BCUT2D eigenvalue weighted by molar-refractivity contribution is 0.537. The molecule has 1 N–H and O–H groups in total. The van der Waals surface area contributed by atoms with Crippen molar-refractivity contribution in [3.05, 3.63) is 108 Å². The molecule has 148 valence electrons. The summed E-state index contributed by atoms with van der Waals surface area (Å²) < 4.78 is 0. The van der Waals surface area contributed by atoms with Crippen LogP contribution in [0.25, 0.3) is 21.9 Å². The number of nitrogens with zero attached hydrogens (tertiary/aromatic N) is 2. The first-order valence-corrected chi connectivity index (χ1v) is 10.2. The topological polar surface area (TPSA) is 39.5 Å². The average molecular weight is 392 g/mol. The van der Waals surface area contributed by atoms with Gasteiger partial charge in [0.1, 0.15) is 5.84 Å². The maximum Gasteiger partial charge on any atom is 0.154 e. The number of hydrogen-bond donors (Lipinski definition) is 1. The molecule has 0 aliphatic heterocycles. The molecule has 0 saturated carbocycles. The highest BCUT2D eigenvalue weighted by Crippen LogP contribution is 2.30. The van der Waals surface area contributed by atoms with Crippen molar-refractivity contribution in [3.8, 4) is 11.1 Å². The van der Waals surface area contributed by atoms with Crippen LogP contribution in [0.1, 0.15) is 18.1 Å². The summed E-state index contributed by atoms with van der Waals surface area (Å²) in [6, 6.07) is 32.9. The first-order valence-electron chi connectivity index (χ1n) is 10.2. The molecule has 0 unspecified atom stereocenters. The van der Waals surface area contributed by atoms with Gasteiger partial charge < -0.3 is 4.90 Å². The maximum atomic E-state index is 8.54. The fraction of sp³-hybridized carbons (Fsp3) is 0.111. The fourth-order valence-electron chi connectivity index (χ4n) is 3.58. The second-order valence-corrected chi connectivity index (χ2v) is 7.28. The summed E-state index contributed by atoms with van der Waals surface area (Å²) in [5.41, 5.74) is 4.17. The molecule has 0 radical (unpaired) electrons. The largest absolute Gasteiger partial charge is 0.359 e. The Bertz CT molecular complexity index is 1190. The van der Waals surface area contributed by atoms with E-state index in [1.807, 2.05) is 43.4 Å². The van der Waals surface area contributed by atoms with E-state index in [-0.39, 0.29) is 5.84 Å².